The molecule has 4 nitrogen and oxygen atoms in total. The molecule has 0 bridgehead atoms. The smallest absolute Gasteiger partial charge is 0.339 e. The van der Waals surface area contributed by atoms with E-state index < -0.39 is 5.54 Å². The van der Waals surface area contributed by atoms with Gasteiger partial charge in [0.2, 0.25) is 0 Å². The third-order valence-electron chi connectivity index (χ3n) is 2.92. The minimum atomic E-state index is -1.08. The lowest BCUT2D eigenvalue weighted by Gasteiger charge is -2.27. The predicted molar refractivity (Wildman–Crippen MR) is 80.5 cm³/mol. The number of esters is 1. The molecule has 0 aliphatic heterocycles. The fourth-order valence-corrected chi connectivity index (χ4v) is 2.19. The Morgan fingerprint density at radius 2 is 2.00 bits per heavy atom. The SMILES string of the molecule is CCOC(=O)C(C)(Nc1ccccc1)c1ccc(Br)o1. The van der Waals surface area contributed by atoms with Gasteiger partial charge in [-0.1, -0.05) is 18.2 Å². The minimum absolute atomic E-state index is 0.312. The van der Waals surface area contributed by atoms with E-state index >= 15 is 0 Å². The molecule has 1 N–H and O–H groups in total. The summed E-state index contributed by atoms with van der Waals surface area (Å²) in [4.78, 5) is 12.3. The van der Waals surface area contributed by atoms with Gasteiger partial charge < -0.3 is 14.5 Å². The van der Waals surface area contributed by atoms with E-state index in [1.165, 1.54) is 0 Å². The molecule has 0 aliphatic rings. The number of halogens is 1. The first kappa shape index (κ1) is 14.7. The fraction of sp³-hybridized carbons (Fsp3) is 0.267. The highest BCUT2D eigenvalue weighted by molar-refractivity contribution is 9.10. The van der Waals surface area contributed by atoms with Crippen LogP contribution in [0.3, 0.4) is 0 Å². The summed E-state index contributed by atoms with van der Waals surface area (Å²) >= 11 is 3.25. The van der Waals surface area contributed by atoms with Crippen molar-refractivity contribution in [3.8, 4) is 0 Å². The molecule has 1 aromatic carbocycles. The molecule has 0 aliphatic carbocycles. The Balaban J connectivity index is 2.36. The second-order valence-corrected chi connectivity index (χ2v) is 5.22. The van der Waals surface area contributed by atoms with Crippen LogP contribution in [0.2, 0.25) is 0 Å². The Bertz CT molecular complexity index is 582. The van der Waals surface area contributed by atoms with Crippen LogP contribution in [0.25, 0.3) is 0 Å². The summed E-state index contributed by atoms with van der Waals surface area (Å²) in [6.45, 7) is 3.83. The number of carbonyl (C=O) groups excluding carboxylic acids is 1. The monoisotopic (exact) mass is 337 g/mol. The van der Waals surface area contributed by atoms with Gasteiger partial charge in [-0.15, -0.1) is 0 Å². The van der Waals surface area contributed by atoms with E-state index in [0.717, 1.165) is 5.69 Å². The average molecular weight is 338 g/mol. The van der Waals surface area contributed by atoms with Crippen molar-refractivity contribution in [2.45, 2.75) is 19.4 Å². The topological polar surface area (TPSA) is 51.5 Å². The standard InChI is InChI=1S/C15H16BrNO3/c1-3-19-14(18)15(2,12-9-10-13(16)20-12)17-11-7-5-4-6-8-11/h4-10,17H,3H2,1-2H3. The molecule has 5 heteroatoms. The van der Waals surface area contributed by atoms with E-state index in [9.17, 15) is 4.79 Å². The van der Waals surface area contributed by atoms with E-state index in [-0.39, 0.29) is 5.97 Å². The molecule has 0 saturated carbocycles. The van der Waals surface area contributed by atoms with E-state index in [1.54, 1.807) is 26.0 Å². The zero-order valence-electron chi connectivity index (χ0n) is 11.4. The molecule has 0 saturated heterocycles. The number of benzene rings is 1. The number of hydrogen-bond donors (Lipinski definition) is 1. The summed E-state index contributed by atoms with van der Waals surface area (Å²) < 4.78 is 11.3. The summed E-state index contributed by atoms with van der Waals surface area (Å²) in [6, 6.07) is 13.0. The highest BCUT2D eigenvalue weighted by Gasteiger charge is 2.40. The van der Waals surface area contributed by atoms with Crippen molar-refractivity contribution in [1.29, 1.82) is 0 Å². The fourth-order valence-electron chi connectivity index (χ4n) is 1.88. The molecule has 1 unspecified atom stereocenters. The molecule has 0 spiro atoms. The van der Waals surface area contributed by atoms with Crippen molar-refractivity contribution < 1.29 is 13.9 Å². The quantitative estimate of drug-likeness (QED) is 0.839. The van der Waals surface area contributed by atoms with Crippen LogP contribution in [0, 0.1) is 0 Å². The van der Waals surface area contributed by atoms with Gasteiger partial charge in [-0.3, -0.25) is 0 Å². The summed E-state index contributed by atoms with van der Waals surface area (Å²) in [5.74, 6) is 0.109. The zero-order valence-corrected chi connectivity index (χ0v) is 12.9. The van der Waals surface area contributed by atoms with Crippen LogP contribution < -0.4 is 5.32 Å². The van der Waals surface area contributed by atoms with Crippen LogP contribution in [0.15, 0.2) is 51.6 Å². The van der Waals surface area contributed by atoms with Crippen molar-refractivity contribution >= 4 is 27.6 Å². The molecule has 0 amide bonds. The maximum Gasteiger partial charge on any atom is 0.339 e. The molecule has 0 radical (unpaired) electrons. The van der Waals surface area contributed by atoms with Gasteiger partial charge in [0.15, 0.2) is 10.2 Å². The van der Waals surface area contributed by atoms with E-state index in [1.807, 2.05) is 30.3 Å². The van der Waals surface area contributed by atoms with Crippen molar-refractivity contribution in [2.75, 3.05) is 11.9 Å². The van der Waals surface area contributed by atoms with Crippen LogP contribution >= 0.6 is 15.9 Å². The van der Waals surface area contributed by atoms with Gasteiger partial charge >= 0.3 is 5.97 Å². The normalized spacial score (nSPS) is 13.6. The maximum atomic E-state index is 12.3. The van der Waals surface area contributed by atoms with Gasteiger partial charge in [0.05, 0.1) is 6.61 Å². The van der Waals surface area contributed by atoms with Gasteiger partial charge in [0, 0.05) is 5.69 Å². The van der Waals surface area contributed by atoms with Crippen LogP contribution in [0.4, 0.5) is 5.69 Å². The van der Waals surface area contributed by atoms with Gasteiger partial charge in [-0.05, 0) is 54.0 Å². The van der Waals surface area contributed by atoms with Gasteiger partial charge in [-0.25, -0.2) is 4.79 Å². The Morgan fingerprint density at radius 1 is 1.30 bits per heavy atom. The Hall–Kier alpha value is -1.75. The lowest BCUT2D eigenvalue weighted by molar-refractivity contribution is -0.149. The number of para-hydroxylation sites is 1. The molecule has 0 fully saturated rings. The number of nitrogens with one attached hydrogen (secondary N) is 1. The number of ether oxygens (including phenoxy) is 1. The molecule has 20 heavy (non-hydrogen) atoms. The van der Waals surface area contributed by atoms with Crippen molar-refractivity contribution in [3.05, 3.63) is 52.9 Å². The lowest BCUT2D eigenvalue weighted by atomic mass is 9.98. The number of anilines is 1. The molecule has 2 aromatic rings. The molecule has 106 valence electrons. The van der Waals surface area contributed by atoms with E-state index in [0.29, 0.717) is 17.0 Å². The second kappa shape index (κ2) is 6.13. The van der Waals surface area contributed by atoms with Crippen LogP contribution in [0.1, 0.15) is 19.6 Å². The Kier molecular flexibility index (Phi) is 4.49. The summed E-state index contributed by atoms with van der Waals surface area (Å²) in [7, 11) is 0. The maximum absolute atomic E-state index is 12.3. The Morgan fingerprint density at radius 3 is 2.55 bits per heavy atom. The number of rotatable bonds is 5. The van der Waals surface area contributed by atoms with Crippen LogP contribution in [0.5, 0.6) is 0 Å². The zero-order chi connectivity index (χ0) is 14.6. The number of hydrogen-bond acceptors (Lipinski definition) is 4. The minimum Gasteiger partial charge on any atom is -0.464 e. The summed E-state index contributed by atoms with van der Waals surface area (Å²) in [6.07, 6.45) is 0. The van der Waals surface area contributed by atoms with Gasteiger partial charge in [-0.2, -0.15) is 0 Å². The Labute approximate surface area is 126 Å². The first-order valence-electron chi connectivity index (χ1n) is 6.32. The second-order valence-electron chi connectivity index (χ2n) is 4.44. The molecule has 1 atom stereocenters. The number of carbonyl (C=O) groups is 1. The third-order valence-corrected chi connectivity index (χ3v) is 3.34. The molecular weight excluding hydrogens is 322 g/mol. The molecular formula is C15H16BrNO3. The van der Waals surface area contributed by atoms with Crippen LogP contribution in [-0.4, -0.2) is 12.6 Å². The molecule has 2 rings (SSSR count). The van der Waals surface area contributed by atoms with Crippen LogP contribution in [-0.2, 0) is 15.1 Å². The average Bonchev–Trinajstić information content (AvgIpc) is 2.87. The van der Waals surface area contributed by atoms with Crippen molar-refractivity contribution in [3.63, 3.8) is 0 Å². The predicted octanol–water partition coefficient (Wildman–Crippen LogP) is 3.93. The van der Waals surface area contributed by atoms with E-state index in [2.05, 4.69) is 21.2 Å². The largest absolute Gasteiger partial charge is 0.464 e. The third kappa shape index (κ3) is 3.04. The first-order chi connectivity index (χ1) is 9.56. The van der Waals surface area contributed by atoms with Gasteiger partial charge in [0.1, 0.15) is 5.76 Å². The van der Waals surface area contributed by atoms with Gasteiger partial charge in [0.25, 0.3) is 0 Å². The van der Waals surface area contributed by atoms with Crippen molar-refractivity contribution in [1.82, 2.24) is 0 Å². The summed E-state index contributed by atoms with van der Waals surface area (Å²) in [5.41, 5.74) is -0.265. The molecule has 1 aromatic heterocycles. The van der Waals surface area contributed by atoms with E-state index in [4.69, 9.17) is 9.15 Å². The molecule has 1 heterocycles. The number of furan rings is 1. The summed E-state index contributed by atoms with van der Waals surface area (Å²) in [5, 5.41) is 3.18. The highest BCUT2D eigenvalue weighted by Crippen LogP contribution is 2.30. The van der Waals surface area contributed by atoms with Crippen molar-refractivity contribution in [2.24, 2.45) is 0 Å². The highest BCUT2D eigenvalue weighted by atomic mass is 79.9. The lowest BCUT2D eigenvalue weighted by Crippen LogP contribution is -2.41. The first-order valence-corrected chi connectivity index (χ1v) is 7.12.